The van der Waals surface area contributed by atoms with E-state index in [-0.39, 0.29) is 35.0 Å². The van der Waals surface area contributed by atoms with Crippen molar-refractivity contribution in [2.24, 2.45) is 10.9 Å². The van der Waals surface area contributed by atoms with Crippen molar-refractivity contribution in [1.82, 2.24) is 20.6 Å². The molecule has 1 aromatic carbocycles. The first-order valence-electron chi connectivity index (χ1n) is 11.8. The highest BCUT2D eigenvalue weighted by Crippen LogP contribution is 2.31. The molecule has 35 heavy (non-hydrogen) atoms. The van der Waals surface area contributed by atoms with Crippen LogP contribution in [0.1, 0.15) is 46.1 Å². The summed E-state index contributed by atoms with van der Waals surface area (Å²) < 4.78 is 25.8. The number of nitrogens with zero attached hydrogens (tertiary/aromatic N) is 3. The zero-order chi connectivity index (χ0) is 25.2. The monoisotopic (exact) mass is 486 g/mol. The molecule has 3 heterocycles. The molecular formula is C24H35FN8O2. The van der Waals surface area contributed by atoms with Crippen molar-refractivity contribution in [3.63, 3.8) is 0 Å². The average Bonchev–Trinajstić information content (AvgIpc) is 2.72. The fourth-order valence-electron chi connectivity index (χ4n) is 4.91. The van der Waals surface area contributed by atoms with Gasteiger partial charge in [-0.05, 0) is 52.7 Å². The Morgan fingerprint density at radius 3 is 2.51 bits per heavy atom. The quantitative estimate of drug-likeness (QED) is 0.173. The number of hydrogen-bond donors (Lipinski definition) is 5. The molecule has 10 nitrogen and oxygen atoms in total. The van der Waals surface area contributed by atoms with E-state index in [0.717, 1.165) is 18.4 Å². The van der Waals surface area contributed by atoms with Gasteiger partial charge < -0.3 is 36.6 Å². The van der Waals surface area contributed by atoms with Gasteiger partial charge in [0.15, 0.2) is 17.5 Å². The molecule has 11 heteroatoms. The summed E-state index contributed by atoms with van der Waals surface area (Å²) in [5.74, 6) is 6.57. The van der Waals surface area contributed by atoms with Crippen LogP contribution < -0.4 is 31.8 Å². The van der Waals surface area contributed by atoms with Crippen LogP contribution in [0.5, 0.6) is 5.75 Å². The van der Waals surface area contributed by atoms with Crippen LogP contribution in [0.15, 0.2) is 29.5 Å². The lowest BCUT2D eigenvalue weighted by molar-refractivity contribution is -0.0796. The van der Waals surface area contributed by atoms with E-state index in [9.17, 15) is 4.39 Å². The van der Waals surface area contributed by atoms with Crippen molar-refractivity contribution in [3.8, 4) is 5.75 Å². The molecule has 0 saturated carbocycles. The van der Waals surface area contributed by atoms with Gasteiger partial charge in [-0.15, -0.1) is 0 Å². The molecule has 0 aliphatic carbocycles. The number of amidine groups is 1. The summed E-state index contributed by atoms with van der Waals surface area (Å²) in [4.78, 5) is 8.57. The maximum atomic E-state index is 14.7. The van der Waals surface area contributed by atoms with Gasteiger partial charge in [0.2, 0.25) is 5.95 Å². The summed E-state index contributed by atoms with van der Waals surface area (Å²) in [6.45, 7) is 9.68. The molecule has 0 unspecified atom stereocenters. The van der Waals surface area contributed by atoms with E-state index in [4.69, 9.17) is 15.3 Å². The van der Waals surface area contributed by atoms with E-state index in [0.29, 0.717) is 30.5 Å². The summed E-state index contributed by atoms with van der Waals surface area (Å²) in [5, 5.41) is 16.8. The minimum atomic E-state index is -0.500. The molecule has 0 spiro atoms. The van der Waals surface area contributed by atoms with Gasteiger partial charge in [-0.2, -0.15) is 10.1 Å². The zero-order valence-corrected chi connectivity index (χ0v) is 20.9. The highest BCUT2D eigenvalue weighted by molar-refractivity contribution is 5.99. The number of hydrogen-bond acceptors (Lipinski definition) is 9. The van der Waals surface area contributed by atoms with Crippen LogP contribution in [0.3, 0.4) is 0 Å². The highest BCUT2D eigenvalue weighted by Gasteiger charge is 2.38. The summed E-state index contributed by atoms with van der Waals surface area (Å²) in [6.07, 6.45) is 2.83. The van der Waals surface area contributed by atoms with E-state index in [1.165, 1.54) is 6.20 Å². The Morgan fingerprint density at radius 2 is 1.91 bits per heavy atom. The Kier molecular flexibility index (Phi) is 7.00. The molecule has 4 rings (SSSR count). The lowest BCUT2D eigenvalue weighted by Gasteiger charge is -2.46. The van der Waals surface area contributed by atoms with E-state index in [1.807, 2.05) is 18.2 Å². The molecule has 0 radical (unpaired) electrons. The summed E-state index contributed by atoms with van der Waals surface area (Å²) in [5.41, 5.74) is 1.20. The zero-order valence-electron chi connectivity index (χ0n) is 20.9. The van der Waals surface area contributed by atoms with Crippen molar-refractivity contribution < 1.29 is 13.9 Å². The number of rotatable bonds is 7. The lowest BCUT2D eigenvalue weighted by atomic mass is 9.79. The second-order valence-corrected chi connectivity index (χ2v) is 10.4. The Hall–Kier alpha value is -3.18. The van der Waals surface area contributed by atoms with Gasteiger partial charge in [-0.25, -0.2) is 9.37 Å². The molecule has 1 aromatic heterocycles. The number of hydrazone groups is 1. The maximum absolute atomic E-state index is 14.7. The van der Waals surface area contributed by atoms with Crippen molar-refractivity contribution in [3.05, 3.63) is 35.8 Å². The molecule has 0 amide bonds. The number of nitrogens with one attached hydrogen (secondary N) is 4. The minimum absolute atomic E-state index is 0.0118. The Labute approximate surface area is 205 Å². The number of benzene rings is 1. The molecular weight excluding hydrogens is 451 g/mol. The third-order valence-corrected chi connectivity index (χ3v) is 5.99. The third kappa shape index (κ3) is 6.29. The summed E-state index contributed by atoms with van der Waals surface area (Å²) in [6, 6.07) is 5.56. The van der Waals surface area contributed by atoms with Crippen LogP contribution in [-0.4, -0.2) is 59.3 Å². The normalized spacial score (nSPS) is 20.1. The van der Waals surface area contributed by atoms with E-state index in [1.54, 1.807) is 7.05 Å². The fourth-order valence-corrected chi connectivity index (χ4v) is 4.91. The number of aromatic nitrogens is 2. The largest absolute Gasteiger partial charge is 0.485 e. The van der Waals surface area contributed by atoms with Gasteiger partial charge >= 0.3 is 0 Å². The number of halogens is 1. The first-order valence-corrected chi connectivity index (χ1v) is 11.8. The Morgan fingerprint density at radius 1 is 1.20 bits per heavy atom. The van der Waals surface area contributed by atoms with Crippen LogP contribution >= 0.6 is 0 Å². The molecule has 2 aliphatic rings. The SMILES string of the molecule is CN/C(=N\N)c1cc(Nc2ncc(F)c(NC3CC(C)(C)NC(C)(C)C3)n2)cc(OC2COC2)c1. The Balaban J connectivity index is 1.56. The van der Waals surface area contributed by atoms with Gasteiger partial charge in [0, 0.05) is 41.5 Å². The number of anilines is 3. The van der Waals surface area contributed by atoms with Crippen molar-refractivity contribution >= 4 is 23.3 Å². The molecule has 2 aromatic rings. The van der Waals surface area contributed by atoms with E-state index >= 15 is 0 Å². The molecule has 2 aliphatic heterocycles. The van der Waals surface area contributed by atoms with Crippen LogP contribution in [0.4, 0.5) is 21.8 Å². The topological polar surface area (TPSA) is 131 Å². The molecule has 2 saturated heterocycles. The molecule has 6 N–H and O–H groups in total. The smallest absolute Gasteiger partial charge is 0.229 e. The first-order chi connectivity index (χ1) is 16.6. The Bertz CT molecular complexity index is 1070. The number of piperidine rings is 1. The fraction of sp³-hybridized carbons (Fsp3) is 0.542. The van der Waals surface area contributed by atoms with Crippen LogP contribution in [0, 0.1) is 5.82 Å². The molecule has 190 valence electrons. The van der Waals surface area contributed by atoms with Gasteiger partial charge in [-0.3, -0.25) is 0 Å². The maximum Gasteiger partial charge on any atom is 0.229 e. The van der Waals surface area contributed by atoms with Crippen molar-refractivity contribution in [2.45, 2.75) is 63.8 Å². The predicted molar refractivity (Wildman–Crippen MR) is 135 cm³/mol. The van der Waals surface area contributed by atoms with Crippen LogP contribution in [-0.2, 0) is 4.74 Å². The summed E-state index contributed by atoms with van der Waals surface area (Å²) in [7, 11) is 1.73. The van der Waals surface area contributed by atoms with E-state index < -0.39 is 5.82 Å². The molecule has 0 bridgehead atoms. The number of ether oxygens (including phenoxy) is 2. The first kappa shape index (κ1) is 24.9. The van der Waals surface area contributed by atoms with Crippen LogP contribution in [0.2, 0.25) is 0 Å². The summed E-state index contributed by atoms with van der Waals surface area (Å²) >= 11 is 0. The van der Waals surface area contributed by atoms with Crippen molar-refractivity contribution in [2.75, 3.05) is 30.9 Å². The second-order valence-electron chi connectivity index (χ2n) is 10.4. The minimum Gasteiger partial charge on any atom is -0.485 e. The standard InChI is InChI=1S/C24H35FN8O2/c1-23(2)9-16(10-24(3,4)33-23)29-21-19(25)11-28-22(31-21)30-15-6-14(20(27-5)32-26)7-17(8-15)35-18-12-34-13-18/h6-8,11,16,18,33H,9-10,12-13,26H2,1-5H3,(H,27,32)(H2,28,29,30,31). The van der Waals surface area contributed by atoms with E-state index in [2.05, 4.69) is 64.0 Å². The molecule has 0 atom stereocenters. The third-order valence-electron chi connectivity index (χ3n) is 5.99. The van der Waals surface area contributed by atoms with Gasteiger partial charge in [0.1, 0.15) is 11.9 Å². The average molecular weight is 487 g/mol. The second kappa shape index (κ2) is 9.82. The van der Waals surface area contributed by atoms with Gasteiger partial charge in [-0.1, -0.05) is 0 Å². The molecule has 2 fully saturated rings. The van der Waals surface area contributed by atoms with Gasteiger partial charge in [0.05, 0.1) is 19.4 Å². The van der Waals surface area contributed by atoms with Crippen LogP contribution in [0.25, 0.3) is 0 Å². The highest BCUT2D eigenvalue weighted by atomic mass is 19.1. The predicted octanol–water partition coefficient (Wildman–Crippen LogP) is 2.70. The van der Waals surface area contributed by atoms with Crippen molar-refractivity contribution in [1.29, 1.82) is 0 Å². The lowest BCUT2D eigenvalue weighted by Crippen LogP contribution is -2.60. The van der Waals surface area contributed by atoms with Gasteiger partial charge in [0.25, 0.3) is 0 Å². The number of nitrogens with two attached hydrogens (primary N) is 1.